The molecule has 0 atom stereocenters. The van der Waals surface area contributed by atoms with E-state index < -0.39 is 16.0 Å². The number of thiophene rings is 1. The van der Waals surface area contributed by atoms with Gasteiger partial charge in [-0.25, -0.2) is 18.4 Å². The van der Waals surface area contributed by atoms with Crippen LogP contribution in [-0.4, -0.2) is 28.5 Å². The highest BCUT2D eigenvalue weighted by atomic mass is 35.5. The number of carbonyl (C=O) groups excluding carboxylic acids is 1. The zero-order valence-electron chi connectivity index (χ0n) is 12.4. The van der Waals surface area contributed by atoms with Gasteiger partial charge >= 0.3 is 5.97 Å². The zero-order valence-corrected chi connectivity index (χ0v) is 14.8. The Labute approximate surface area is 143 Å². The van der Waals surface area contributed by atoms with Crippen molar-refractivity contribution >= 4 is 44.6 Å². The zero-order chi connectivity index (χ0) is 17.2. The molecule has 0 saturated heterocycles. The molecule has 1 heterocycles. The second-order valence-electron chi connectivity index (χ2n) is 4.78. The SMILES string of the molecule is COC(=O)c1cc(S(N)(=O)=O)ccc1N(C)Cc1ccc(Cl)s1. The summed E-state index contributed by atoms with van der Waals surface area (Å²) in [5.74, 6) is -0.637. The van der Waals surface area contributed by atoms with Crippen molar-refractivity contribution in [1.82, 2.24) is 0 Å². The van der Waals surface area contributed by atoms with Gasteiger partial charge in [-0.1, -0.05) is 11.6 Å². The Bertz CT molecular complexity index is 833. The fourth-order valence-electron chi connectivity index (χ4n) is 2.05. The van der Waals surface area contributed by atoms with E-state index >= 15 is 0 Å². The monoisotopic (exact) mass is 374 g/mol. The van der Waals surface area contributed by atoms with Gasteiger partial charge in [0.2, 0.25) is 10.0 Å². The minimum atomic E-state index is -3.91. The Hall–Kier alpha value is -1.61. The third-order valence-corrected chi connectivity index (χ3v) is 5.26. The van der Waals surface area contributed by atoms with Crippen LogP contribution in [0.4, 0.5) is 5.69 Å². The van der Waals surface area contributed by atoms with Crippen LogP contribution in [0.1, 0.15) is 15.2 Å². The van der Waals surface area contributed by atoms with Crippen LogP contribution >= 0.6 is 22.9 Å². The summed E-state index contributed by atoms with van der Waals surface area (Å²) in [6.45, 7) is 0.510. The van der Waals surface area contributed by atoms with E-state index in [9.17, 15) is 13.2 Å². The largest absolute Gasteiger partial charge is 0.465 e. The number of halogens is 1. The van der Waals surface area contributed by atoms with Gasteiger partial charge in [-0.15, -0.1) is 11.3 Å². The maximum atomic E-state index is 12.0. The van der Waals surface area contributed by atoms with Gasteiger partial charge < -0.3 is 9.64 Å². The van der Waals surface area contributed by atoms with Crippen LogP contribution < -0.4 is 10.0 Å². The molecule has 0 amide bonds. The van der Waals surface area contributed by atoms with Crippen LogP contribution in [0.25, 0.3) is 0 Å². The maximum absolute atomic E-state index is 12.0. The predicted molar refractivity (Wildman–Crippen MR) is 90.6 cm³/mol. The van der Waals surface area contributed by atoms with Crippen molar-refractivity contribution in [1.29, 1.82) is 0 Å². The molecular formula is C14H15ClN2O4S2. The lowest BCUT2D eigenvalue weighted by Gasteiger charge is -2.21. The number of ether oxygens (including phenoxy) is 1. The minimum Gasteiger partial charge on any atom is -0.465 e. The molecule has 1 aromatic heterocycles. The van der Waals surface area contributed by atoms with Crippen molar-refractivity contribution in [3.05, 3.63) is 45.1 Å². The highest BCUT2D eigenvalue weighted by Crippen LogP contribution is 2.28. The lowest BCUT2D eigenvalue weighted by molar-refractivity contribution is 0.0601. The first-order chi connectivity index (χ1) is 10.7. The van der Waals surface area contributed by atoms with Crippen LogP contribution in [0.15, 0.2) is 35.2 Å². The molecule has 9 heteroatoms. The number of esters is 1. The normalized spacial score (nSPS) is 11.3. The first-order valence-electron chi connectivity index (χ1n) is 6.43. The molecule has 2 N–H and O–H groups in total. The summed E-state index contributed by atoms with van der Waals surface area (Å²) in [7, 11) is -0.892. The second-order valence-corrected chi connectivity index (χ2v) is 8.14. The molecule has 0 bridgehead atoms. The molecule has 6 nitrogen and oxygen atoms in total. The molecule has 23 heavy (non-hydrogen) atoms. The van der Waals surface area contributed by atoms with E-state index in [4.69, 9.17) is 21.5 Å². The molecule has 0 spiro atoms. The van der Waals surface area contributed by atoms with Crippen molar-refractivity contribution in [2.45, 2.75) is 11.4 Å². The van der Waals surface area contributed by atoms with Crippen molar-refractivity contribution in [3.63, 3.8) is 0 Å². The van der Waals surface area contributed by atoms with Crippen LogP contribution in [0.5, 0.6) is 0 Å². The van der Waals surface area contributed by atoms with E-state index in [1.165, 1.54) is 36.6 Å². The fraction of sp³-hybridized carbons (Fsp3) is 0.214. The highest BCUT2D eigenvalue weighted by Gasteiger charge is 2.19. The smallest absolute Gasteiger partial charge is 0.340 e. The quantitative estimate of drug-likeness (QED) is 0.812. The van der Waals surface area contributed by atoms with Crippen LogP contribution in [0, 0.1) is 0 Å². The topological polar surface area (TPSA) is 89.7 Å². The van der Waals surface area contributed by atoms with Crippen LogP contribution in [0.3, 0.4) is 0 Å². The Morgan fingerprint density at radius 1 is 1.35 bits per heavy atom. The third kappa shape index (κ3) is 4.23. The number of anilines is 1. The minimum absolute atomic E-state index is 0.129. The van der Waals surface area contributed by atoms with Crippen molar-refractivity contribution in [2.24, 2.45) is 5.14 Å². The lowest BCUT2D eigenvalue weighted by Crippen LogP contribution is -2.20. The predicted octanol–water partition coefficient (Wildman–Crippen LogP) is 2.47. The molecule has 2 rings (SSSR count). The van der Waals surface area contributed by atoms with Crippen molar-refractivity contribution in [3.8, 4) is 0 Å². The van der Waals surface area contributed by atoms with E-state index in [2.05, 4.69) is 0 Å². The average molecular weight is 375 g/mol. The molecule has 0 aliphatic heterocycles. The van der Waals surface area contributed by atoms with Crippen LogP contribution in [-0.2, 0) is 21.3 Å². The Balaban J connectivity index is 2.42. The molecule has 0 fully saturated rings. The maximum Gasteiger partial charge on any atom is 0.340 e. The molecule has 124 valence electrons. The molecule has 0 radical (unpaired) electrons. The third-order valence-electron chi connectivity index (χ3n) is 3.13. The molecule has 1 aromatic carbocycles. The molecule has 0 saturated carbocycles. The van der Waals surface area contributed by atoms with Gasteiger partial charge in [-0.05, 0) is 30.3 Å². The van der Waals surface area contributed by atoms with Crippen LogP contribution in [0.2, 0.25) is 4.34 Å². The summed E-state index contributed by atoms with van der Waals surface area (Å²) in [5, 5.41) is 5.11. The number of carbonyl (C=O) groups is 1. The first kappa shape index (κ1) is 17.7. The lowest BCUT2D eigenvalue weighted by atomic mass is 10.1. The van der Waals surface area contributed by atoms with Gasteiger partial charge in [-0.3, -0.25) is 0 Å². The van der Waals surface area contributed by atoms with Gasteiger partial charge in [0.05, 0.1) is 34.1 Å². The number of sulfonamides is 1. The second kappa shape index (κ2) is 6.88. The molecular weight excluding hydrogens is 360 g/mol. The van der Waals surface area contributed by atoms with E-state index in [0.29, 0.717) is 16.6 Å². The van der Waals surface area contributed by atoms with E-state index in [0.717, 1.165) is 4.88 Å². The summed E-state index contributed by atoms with van der Waals surface area (Å²) in [5.41, 5.74) is 0.665. The molecule has 0 unspecified atom stereocenters. The summed E-state index contributed by atoms with van der Waals surface area (Å²) >= 11 is 7.34. The van der Waals surface area contributed by atoms with Crippen molar-refractivity contribution < 1.29 is 17.9 Å². The number of primary sulfonamides is 1. The van der Waals surface area contributed by atoms with E-state index in [-0.39, 0.29) is 10.5 Å². The number of nitrogens with two attached hydrogens (primary N) is 1. The Morgan fingerprint density at radius 3 is 2.57 bits per heavy atom. The summed E-state index contributed by atoms with van der Waals surface area (Å²) in [4.78, 5) is 14.6. The number of benzene rings is 1. The standard InChI is InChI=1S/C14H15ClN2O4S2/c1-17(8-9-3-6-13(15)22-9)12-5-4-10(23(16,19)20)7-11(12)14(18)21-2/h3-7H,8H2,1-2H3,(H2,16,19,20). The molecule has 2 aromatic rings. The van der Waals surface area contributed by atoms with Gasteiger partial charge in [-0.2, -0.15) is 0 Å². The number of rotatable bonds is 5. The van der Waals surface area contributed by atoms with Crippen molar-refractivity contribution in [2.75, 3.05) is 19.1 Å². The number of methoxy groups -OCH3 is 1. The summed E-state index contributed by atoms with van der Waals surface area (Å²) in [6, 6.07) is 7.78. The van der Waals surface area contributed by atoms with Gasteiger partial charge in [0.1, 0.15) is 0 Å². The van der Waals surface area contributed by atoms with E-state index in [1.54, 1.807) is 18.0 Å². The molecule has 0 aliphatic rings. The fourth-order valence-corrected chi connectivity index (χ4v) is 3.74. The number of hydrogen-bond acceptors (Lipinski definition) is 6. The summed E-state index contributed by atoms with van der Waals surface area (Å²) in [6.07, 6.45) is 0. The van der Waals surface area contributed by atoms with Gasteiger partial charge in [0.15, 0.2) is 0 Å². The van der Waals surface area contributed by atoms with Gasteiger partial charge in [0.25, 0.3) is 0 Å². The molecule has 0 aliphatic carbocycles. The number of hydrogen-bond donors (Lipinski definition) is 1. The highest BCUT2D eigenvalue weighted by molar-refractivity contribution is 7.89. The summed E-state index contributed by atoms with van der Waals surface area (Å²) < 4.78 is 28.3. The Morgan fingerprint density at radius 2 is 2.04 bits per heavy atom. The number of nitrogens with zero attached hydrogens (tertiary/aromatic N) is 1. The van der Waals surface area contributed by atoms with E-state index in [1.807, 2.05) is 6.07 Å². The Kier molecular flexibility index (Phi) is 5.30. The average Bonchev–Trinajstić information content (AvgIpc) is 2.89. The first-order valence-corrected chi connectivity index (χ1v) is 9.17. The van der Waals surface area contributed by atoms with Gasteiger partial charge in [0, 0.05) is 11.9 Å².